The molecule has 6 nitrogen and oxygen atoms in total. The first-order valence-corrected chi connectivity index (χ1v) is 11.5. The fourth-order valence-corrected chi connectivity index (χ4v) is 3.22. The molecule has 0 bridgehead atoms. The fraction of sp³-hybridized carbons (Fsp3) is 0.160. The molecule has 0 saturated carbocycles. The number of carbonyl (C=O) groups is 2. The van der Waals surface area contributed by atoms with Gasteiger partial charge in [0.15, 0.2) is 0 Å². The molecule has 3 rings (SSSR count). The fourth-order valence-electron chi connectivity index (χ4n) is 2.83. The third kappa shape index (κ3) is 9.08. The van der Waals surface area contributed by atoms with Crippen LogP contribution in [0.5, 0.6) is 5.75 Å². The molecule has 0 aliphatic rings. The third-order valence-corrected chi connectivity index (χ3v) is 5.30. The Morgan fingerprint density at radius 2 is 1.70 bits per heavy atom. The minimum absolute atomic E-state index is 0.135. The molecule has 3 aromatic carbocycles. The van der Waals surface area contributed by atoms with Gasteiger partial charge in [-0.1, -0.05) is 51.8 Å². The summed E-state index contributed by atoms with van der Waals surface area (Å²) in [5, 5.41) is 7.47. The Hall–Kier alpha value is -3.16. The average molecular weight is 529 g/mol. The van der Waals surface area contributed by atoms with E-state index in [4.69, 9.17) is 16.3 Å². The van der Waals surface area contributed by atoms with E-state index in [-0.39, 0.29) is 24.7 Å². The number of ether oxygens (including phenoxy) is 1. The van der Waals surface area contributed by atoms with Crippen molar-refractivity contribution >= 4 is 51.2 Å². The molecule has 0 aliphatic carbocycles. The van der Waals surface area contributed by atoms with Crippen LogP contribution in [0.4, 0.5) is 5.69 Å². The van der Waals surface area contributed by atoms with Gasteiger partial charge in [0, 0.05) is 28.0 Å². The maximum atomic E-state index is 12.0. The number of nitrogens with one attached hydrogen (secondary N) is 2. The Morgan fingerprint density at radius 1 is 0.970 bits per heavy atom. The van der Waals surface area contributed by atoms with Gasteiger partial charge in [-0.15, -0.1) is 0 Å². The molecule has 33 heavy (non-hydrogen) atoms. The van der Waals surface area contributed by atoms with E-state index in [0.29, 0.717) is 23.8 Å². The second kappa shape index (κ2) is 12.8. The lowest BCUT2D eigenvalue weighted by molar-refractivity contribution is -0.121. The van der Waals surface area contributed by atoms with Gasteiger partial charge in [0.05, 0.1) is 6.21 Å². The van der Waals surface area contributed by atoms with Crippen molar-refractivity contribution in [3.8, 4) is 5.75 Å². The quantitative estimate of drug-likeness (QED) is 0.252. The highest BCUT2D eigenvalue weighted by Crippen LogP contribution is 2.16. The van der Waals surface area contributed by atoms with E-state index in [1.54, 1.807) is 18.3 Å². The molecule has 0 atom stereocenters. The van der Waals surface area contributed by atoms with Gasteiger partial charge in [0.25, 0.3) is 0 Å². The summed E-state index contributed by atoms with van der Waals surface area (Å²) in [6.07, 6.45) is 2.43. The second-order valence-electron chi connectivity index (χ2n) is 7.19. The zero-order valence-corrected chi connectivity index (χ0v) is 20.1. The number of carbonyl (C=O) groups excluding carboxylic acids is 2. The van der Waals surface area contributed by atoms with Crippen molar-refractivity contribution in [2.75, 3.05) is 5.32 Å². The van der Waals surface area contributed by atoms with E-state index in [9.17, 15) is 9.59 Å². The van der Waals surface area contributed by atoms with Gasteiger partial charge in [-0.05, 0) is 66.1 Å². The number of rotatable bonds is 10. The van der Waals surface area contributed by atoms with Crippen LogP contribution < -0.4 is 15.5 Å². The van der Waals surface area contributed by atoms with Gasteiger partial charge in [0.1, 0.15) is 12.4 Å². The molecule has 8 heteroatoms. The highest BCUT2D eigenvalue weighted by atomic mass is 79.9. The maximum absolute atomic E-state index is 12.0. The monoisotopic (exact) mass is 527 g/mol. The van der Waals surface area contributed by atoms with Crippen molar-refractivity contribution in [1.29, 1.82) is 0 Å². The first-order valence-electron chi connectivity index (χ1n) is 10.3. The van der Waals surface area contributed by atoms with Gasteiger partial charge >= 0.3 is 0 Å². The van der Waals surface area contributed by atoms with E-state index in [1.807, 2.05) is 60.7 Å². The first-order chi connectivity index (χ1) is 16.0. The number of hydrogen-bond donors (Lipinski definition) is 2. The molecule has 0 saturated heterocycles. The van der Waals surface area contributed by atoms with Crippen LogP contribution in [0.15, 0.2) is 82.4 Å². The molecule has 0 heterocycles. The summed E-state index contributed by atoms with van der Waals surface area (Å²) >= 11 is 9.24. The van der Waals surface area contributed by atoms with Crippen molar-refractivity contribution < 1.29 is 14.3 Å². The molecule has 0 spiro atoms. The van der Waals surface area contributed by atoms with Crippen LogP contribution in [-0.4, -0.2) is 18.0 Å². The Morgan fingerprint density at radius 3 is 2.45 bits per heavy atom. The number of hydrogen-bond acceptors (Lipinski definition) is 4. The average Bonchev–Trinajstić information content (AvgIpc) is 2.80. The molecular formula is C25H23BrClN3O3. The predicted molar refractivity (Wildman–Crippen MR) is 135 cm³/mol. The summed E-state index contributed by atoms with van der Waals surface area (Å²) in [4.78, 5) is 23.9. The highest BCUT2D eigenvalue weighted by Gasteiger charge is 2.05. The van der Waals surface area contributed by atoms with Crippen LogP contribution in [0.2, 0.25) is 5.02 Å². The molecule has 0 unspecified atom stereocenters. The molecule has 0 fully saturated rings. The Bertz CT molecular complexity index is 1100. The molecule has 0 radical (unpaired) electrons. The van der Waals surface area contributed by atoms with E-state index in [0.717, 1.165) is 21.3 Å². The molecule has 0 aliphatic heterocycles. The number of halogens is 2. The standard InChI is InChI=1S/C25H23BrClN3O3/c26-20-9-13-22(14-10-20)29-24(31)5-2-6-25(32)30-28-16-19-3-1-4-23(15-19)33-17-18-7-11-21(27)12-8-18/h1,3-4,7-16H,2,5-6,17H2,(H,29,31)(H,30,32)/b28-16-. The summed E-state index contributed by atoms with van der Waals surface area (Å²) in [7, 11) is 0. The predicted octanol–water partition coefficient (Wildman–Crippen LogP) is 5.94. The lowest BCUT2D eigenvalue weighted by Gasteiger charge is -2.07. The number of anilines is 1. The molecule has 2 N–H and O–H groups in total. The molecular weight excluding hydrogens is 506 g/mol. The van der Waals surface area contributed by atoms with Crippen LogP contribution in [0, 0.1) is 0 Å². The van der Waals surface area contributed by atoms with Crippen LogP contribution in [-0.2, 0) is 16.2 Å². The number of hydrazone groups is 1. The summed E-state index contributed by atoms with van der Waals surface area (Å²) < 4.78 is 6.73. The van der Waals surface area contributed by atoms with Crippen LogP contribution in [0.3, 0.4) is 0 Å². The van der Waals surface area contributed by atoms with Crippen molar-refractivity contribution in [3.05, 3.63) is 93.4 Å². The highest BCUT2D eigenvalue weighted by molar-refractivity contribution is 9.10. The Balaban J connectivity index is 1.37. The van der Waals surface area contributed by atoms with E-state index >= 15 is 0 Å². The topological polar surface area (TPSA) is 79.8 Å². The van der Waals surface area contributed by atoms with Crippen molar-refractivity contribution in [1.82, 2.24) is 5.43 Å². The third-order valence-electron chi connectivity index (χ3n) is 4.52. The molecule has 0 aromatic heterocycles. The lowest BCUT2D eigenvalue weighted by Crippen LogP contribution is -2.18. The summed E-state index contributed by atoms with van der Waals surface area (Å²) in [6.45, 7) is 0.421. The largest absolute Gasteiger partial charge is 0.489 e. The van der Waals surface area contributed by atoms with Gasteiger partial charge in [0.2, 0.25) is 11.8 Å². The Labute approximate surface area is 206 Å². The molecule has 3 aromatic rings. The normalized spacial score (nSPS) is 10.7. The van der Waals surface area contributed by atoms with Gasteiger partial charge in [-0.3, -0.25) is 9.59 Å². The first kappa shape index (κ1) is 24.5. The number of amides is 2. The zero-order valence-electron chi connectivity index (χ0n) is 17.8. The molecule has 170 valence electrons. The number of nitrogens with zero attached hydrogens (tertiary/aromatic N) is 1. The van der Waals surface area contributed by atoms with Crippen LogP contribution in [0.1, 0.15) is 30.4 Å². The zero-order chi connectivity index (χ0) is 23.5. The summed E-state index contributed by atoms with van der Waals surface area (Å²) in [6, 6.07) is 22.2. The molecule has 2 amide bonds. The van der Waals surface area contributed by atoms with Crippen LogP contribution in [0.25, 0.3) is 0 Å². The lowest BCUT2D eigenvalue weighted by atomic mass is 10.2. The summed E-state index contributed by atoms with van der Waals surface area (Å²) in [5.74, 6) is 0.305. The van der Waals surface area contributed by atoms with Crippen molar-refractivity contribution in [2.24, 2.45) is 5.10 Å². The van der Waals surface area contributed by atoms with Crippen molar-refractivity contribution in [2.45, 2.75) is 25.9 Å². The number of benzene rings is 3. The van der Waals surface area contributed by atoms with Gasteiger partial charge in [-0.2, -0.15) is 5.10 Å². The van der Waals surface area contributed by atoms with Crippen molar-refractivity contribution in [3.63, 3.8) is 0 Å². The van der Waals surface area contributed by atoms with Gasteiger partial charge in [-0.25, -0.2) is 5.43 Å². The SMILES string of the molecule is O=C(CCCC(=O)Nc1ccc(Br)cc1)N/N=C\c1cccc(OCc2ccc(Cl)cc2)c1. The second-order valence-corrected chi connectivity index (χ2v) is 8.54. The van der Waals surface area contributed by atoms with Crippen LogP contribution >= 0.6 is 27.5 Å². The summed E-state index contributed by atoms with van der Waals surface area (Å²) in [5.41, 5.74) is 5.00. The van der Waals surface area contributed by atoms with E-state index in [2.05, 4.69) is 31.8 Å². The minimum atomic E-state index is -0.252. The Kier molecular flexibility index (Phi) is 9.47. The smallest absolute Gasteiger partial charge is 0.240 e. The maximum Gasteiger partial charge on any atom is 0.240 e. The van der Waals surface area contributed by atoms with Gasteiger partial charge < -0.3 is 10.1 Å². The van der Waals surface area contributed by atoms with E-state index < -0.39 is 0 Å². The van der Waals surface area contributed by atoms with E-state index in [1.165, 1.54) is 0 Å². The minimum Gasteiger partial charge on any atom is -0.489 e.